The summed E-state index contributed by atoms with van der Waals surface area (Å²) in [6.45, 7) is 2.92. The van der Waals surface area contributed by atoms with E-state index in [1.165, 1.54) is 16.4 Å². The summed E-state index contributed by atoms with van der Waals surface area (Å²) in [6.07, 6.45) is 4.55. The third-order valence-corrected chi connectivity index (χ3v) is 10.3. The highest BCUT2D eigenvalue weighted by Crippen LogP contribution is 2.56. The zero-order valence-electron chi connectivity index (χ0n) is 19.3. The number of anilines is 1. The summed E-state index contributed by atoms with van der Waals surface area (Å²) in [5, 5.41) is 7.02. The third-order valence-electron chi connectivity index (χ3n) is 7.91. The van der Waals surface area contributed by atoms with Crippen LogP contribution in [0.15, 0.2) is 55.1 Å². The average molecular weight is 500 g/mol. The van der Waals surface area contributed by atoms with Gasteiger partial charge in [0.1, 0.15) is 29.5 Å². The van der Waals surface area contributed by atoms with Crippen LogP contribution < -0.4 is 4.90 Å². The molecule has 1 aromatic heterocycles. The molecule has 6 rings (SSSR count). The van der Waals surface area contributed by atoms with Gasteiger partial charge in [0.2, 0.25) is 10.0 Å². The molecule has 3 heterocycles. The van der Waals surface area contributed by atoms with Crippen LogP contribution in [0.2, 0.25) is 0 Å². The minimum atomic E-state index is -3.73. The summed E-state index contributed by atoms with van der Waals surface area (Å²) in [5.41, 5.74) is 1.02. The van der Waals surface area contributed by atoms with Crippen molar-refractivity contribution >= 4 is 15.7 Å². The molecule has 3 aromatic rings. The molecule has 0 spiro atoms. The van der Waals surface area contributed by atoms with Crippen LogP contribution in [0.25, 0.3) is 0 Å². The van der Waals surface area contributed by atoms with Gasteiger partial charge in [-0.05, 0) is 31.4 Å². The lowest BCUT2D eigenvalue weighted by Crippen LogP contribution is -2.44. The number of benzene rings is 2. The molecular formula is C25H27F2N5O2S. The number of sulfonamides is 1. The van der Waals surface area contributed by atoms with Crippen molar-refractivity contribution in [2.75, 3.05) is 18.0 Å². The summed E-state index contributed by atoms with van der Waals surface area (Å²) >= 11 is 0. The predicted octanol–water partition coefficient (Wildman–Crippen LogP) is 3.92. The lowest BCUT2D eigenvalue weighted by atomic mass is 10.0. The van der Waals surface area contributed by atoms with Gasteiger partial charge in [-0.15, -0.1) is 10.2 Å². The second kappa shape index (κ2) is 8.37. The number of rotatable bonds is 5. The number of hydrogen-bond donors (Lipinski definition) is 0. The maximum absolute atomic E-state index is 15.2. The molecule has 2 saturated heterocycles. The van der Waals surface area contributed by atoms with E-state index in [1.54, 1.807) is 24.8 Å². The zero-order chi connectivity index (χ0) is 24.3. The fourth-order valence-corrected chi connectivity index (χ4v) is 8.15. The van der Waals surface area contributed by atoms with Crippen molar-refractivity contribution in [2.45, 2.75) is 43.6 Å². The van der Waals surface area contributed by atoms with Gasteiger partial charge in [0.15, 0.2) is 0 Å². The highest BCUT2D eigenvalue weighted by atomic mass is 32.2. The molecule has 0 N–H and O–H groups in total. The highest BCUT2D eigenvalue weighted by Gasteiger charge is 2.57. The van der Waals surface area contributed by atoms with Gasteiger partial charge >= 0.3 is 0 Å². The zero-order valence-corrected chi connectivity index (χ0v) is 20.2. The molecule has 35 heavy (non-hydrogen) atoms. The Hall–Kier alpha value is -2.85. The molecule has 0 radical (unpaired) electrons. The van der Waals surface area contributed by atoms with Gasteiger partial charge in [0.25, 0.3) is 0 Å². The Kier molecular flexibility index (Phi) is 5.41. The Morgan fingerprint density at radius 1 is 0.971 bits per heavy atom. The van der Waals surface area contributed by atoms with E-state index in [2.05, 4.69) is 10.2 Å². The molecule has 184 valence electrons. The quantitative estimate of drug-likeness (QED) is 0.532. The maximum atomic E-state index is 15.2. The summed E-state index contributed by atoms with van der Waals surface area (Å²) < 4.78 is 60.6. The number of aromatic nitrogens is 3. The molecule has 4 unspecified atom stereocenters. The Bertz CT molecular complexity index is 1320. The van der Waals surface area contributed by atoms with Crippen molar-refractivity contribution in [2.24, 2.45) is 11.8 Å². The first-order chi connectivity index (χ1) is 16.8. The number of piperidine rings is 1. The fourth-order valence-electron chi connectivity index (χ4n) is 5.96. The van der Waals surface area contributed by atoms with Crippen LogP contribution in [0.3, 0.4) is 0 Å². The standard InChI is InChI=1S/C25H27F2N5O2S/c1-16-7-8-24(17-5-3-2-4-6-17)35(33,34)32(16)11-18-9-22(27)23(10-21(18)26)30-12-19-20(13-30)25(19)31-14-28-29-15-31/h2-6,9-10,14-16,19-20,24-25H,7-8,11-13H2,1H3. The molecule has 1 aliphatic carbocycles. The second-order valence-electron chi connectivity index (χ2n) is 9.94. The molecule has 4 atom stereocenters. The maximum Gasteiger partial charge on any atom is 0.221 e. The molecule has 0 bridgehead atoms. The molecule has 3 fully saturated rings. The first kappa shape index (κ1) is 22.6. The van der Waals surface area contributed by atoms with Crippen molar-refractivity contribution in [3.63, 3.8) is 0 Å². The van der Waals surface area contributed by atoms with Crippen LogP contribution in [0.4, 0.5) is 14.5 Å². The average Bonchev–Trinajstić information content (AvgIpc) is 3.21. The molecule has 7 nitrogen and oxygen atoms in total. The molecule has 2 aromatic carbocycles. The topological polar surface area (TPSA) is 71.3 Å². The van der Waals surface area contributed by atoms with Gasteiger partial charge in [0.05, 0.1) is 5.69 Å². The van der Waals surface area contributed by atoms with Gasteiger partial charge in [-0.2, -0.15) is 4.31 Å². The van der Waals surface area contributed by atoms with E-state index in [1.807, 2.05) is 34.6 Å². The van der Waals surface area contributed by atoms with E-state index in [9.17, 15) is 8.42 Å². The van der Waals surface area contributed by atoms with Crippen molar-refractivity contribution in [3.8, 4) is 0 Å². The molecule has 10 heteroatoms. The van der Waals surface area contributed by atoms with Gasteiger partial charge in [-0.1, -0.05) is 30.3 Å². The molecule has 0 amide bonds. The Morgan fingerprint density at radius 2 is 1.66 bits per heavy atom. The summed E-state index contributed by atoms with van der Waals surface area (Å²) in [5.74, 6) is -0.378. The molecule has 2 aliphatic heterocycles. The number of hydrogen-bond acceptors (Lipinski definition) is 5. The summed E-state index contributed by atoms with van der Waals surface area (Å²) in [7, 11) is -3.73. The van der Waals surface area contributed by atoms with Crippen LogP contribution in [0.1, 0.15) is 42.2 Å². The Morgan fingerprint density at radius 3 is 2.34 bits per heavy atom. The smallest absolute Gasteiger partial charge is 0.221 e. The van der Waals surface area contributed by atoms with E-state index in [-0.39, 0.29) is 23.8 Å². The van der Waals surface area contributed by atoms with E-state index < -0.39 is 26.9 Å². The second-order valence-corrected chi connectivity index (χ2v) is 12.0. The highest BCUT2D eigenvalue weighted by molar-refractivity contribution is 7.89. The van der Waals surface area contributed by atoms with Crippen LogP contribution in [-0.4, -0.2) is 46.6 Å². The number of fused-ring (bicyclic) bond motifs is 1. The van der Waals surface area contributed by atoms with Crippen molar-refractivity contribution in [1.82, 2.24) is 19.1 Å². The normalized spacial score (nSPS) is 29.8. The first-order valence-electron chi connectivity index (χ1n) is 12.0. The lowest BCUT2D eigenvalue weighted by molar-refractivity contribution is 0.279. The van der Waals surface area contributed by atoms with E-state index in [0.29, 0.717) is 43.8 Å². The van der Waals surface area contributed by atoms with Crippen molar-refractivity contribution < 1.29 is 17.2 Å². The minimum Gasteiger partial charge on any atom is -0.368 e. The van der Waals surface area contributed by atoms with Crippen LogP contribution >= 0.6 is 0 Å². The van der Waals surface area contributed by atoms with Gasteiger partial charge in [0, 0.05) is 55.2 Å². The van der Waals surface area contributed by atoms with Gasteiger partial charge < -0.3 is 9.47 Å². The van der Waals surface area contributed by atoms with Crippen molar-refractivity contribution in [3.05, 3.63) is 77.9 Å². The first-order valence-corrected chi connectivity index (χ1v) is 13.5. The summed E-state index contributed by atoms with van der Waals surface area (Å²) in [4.78, 5) is 1.88. The van der Waals surface area contributed by atoms with Crippen LogP contribution in [-0.2, 0) is 16.6 Å². The van der Waals surface area contributed by atoms with Gasteiger partial charge in [-0.25, -0.2) is 17.2 Å². The largest absolute Gasteiger partial charge is 0.368 e. The van der Waals surface area contributed by atoms with E-state index in [4.69, 9.17) is 0 Å². The van der Waals surface area contributed by atoms with Crippen LogP contribution in [0.5, 0.6) is 0 Å². The Labute approximate surface area is 203 Å². The fraction of sp³-hybridized carbons (Fsp3) is 0.440. The minimum absolute atomic E-state index is 0.0575. The summed E-state index contributed by atoms with van der Waals surface area (Å²) in [6, 6.07) is 11.5. The third kappa shape index (κ3) is 3.83. The molecule has 3 aliphatic rings. The van der Waals surface area contributed by atoms with Gasteiger partial charge in [-0.3, -0.25) is 0 Å². The van der Waals surface area contributed by atoms with Crippen LogP contribution in [0, 0.1) is 23.5 Å². The lowest BCUT2D eigenvalue weighted by Gasteiger charge is -2.37. The van der Waals surface area contributed by atoms with E-state index >= 15 is 8.78 Å². The molecule has 1 saturated carbocycles. The Balaban J connectivity index is 1.20. The monoisotopic (exact) mass is 499 g/mol. The van der Waals surface area contributed by atoms with E-state index in [0.717, 1.165) is 5.56 Å². The predicted molar refractivity (Wildman–Crippen MR) is 127 cm³/mol. The van der Waals surface area contributed by atoms with Crippen molar-refractivity contribution in [1.29, 1.82) is 0 Å². The SMILES string of the molecule is CC1CCC(c2ccccc2)S(=O)(=O)N1Cc1cc(F)c(N2CC3C(C2)C3n2cnnc2)cc1F. The number of nitrogens with zero attached hydrogens (tertiary/aromatic N) is 5. The number of halogens is 2. The molecular weight excluding hydrogens is 472 g/mol.